The van der Waals surface area contributed by atoms with E-state index in [1.807, 2.05) is 0 Å². The van der Waals surface area contributed by atoms with Crippen LogP contribution in [0.5, 0.6) is 0 Å². The molecule has 1 aromatic carbocycles. The van der Waals surface area contributed by atoms with Gasteiger partial charge in [-0.05, 0) is 25.8 Å². The summed E-state index contributed by atoms with van der Waals surface area (Å²) in [5, 5.41) is 3.37. The largest absolute Gasteiger partial charge is 0.367 e. The Bertz CT molecular complexity index is 437. The van der Waals surface area contributed by atoms with Gasteiger partial charge < -0.3 is 10.2 Å². The zero-order valence-corrected chi connectivity index (χ0v) is 11.1. The van der Waals surface area contributed by atoms with Gasteiger partial charge >= 0.3 is 0 Å². The molecule has 0 aromatic heterocycles. The highest BCUT2D eigenvalue weighted by Crippen LogP contribution is 2.26. The Morgan fingerprint density at radius 3 is 2.84 bits per heavy atom. The molecule has 0 aliphatic carbocycles. The van der Waals surface area contributed by atoms with Crippen LogP contribution in [0.4, 0.5) is 18.9 Å². The number of rotatable bonds is 4. The maximum atomic E-state index is 13.7. The molecule has 2 nitrogen and oxygen atoms in total. The molecule has 0 bridgehead atoms. The first-order valence-electron chi connectivity index (χ1n) is 6.74. The van der Waals surface area contributed by atoms with Crippen molar-refractivity contribution in [3.8, 4) is 0 Å². The molecule has 1 unspecified atom stereocenters. The highest BCUT2D eigenvalue weighted by atomic mass is 19.2. The van der Waals surface area contributed by atoms with Crippen molar-refractivity contribution in [2.24, 2.45) is 0 Å². The lowest BCUT2D eigenvalue weighted by Gasteiger charge is -2.35. The second-order valence-electron chi connectivity index (χ2n) is 4.96. The molecular weight excluding hydrogens is 253 g/mol. The SMILES string of the molecule is CCCNC1CCCN(c2cc(F)cc(F)c2F)C1. The predicted molar refractivity (Wildman–Crippen MR) is 69.8 cm³/mol. The summed E-state index contributed by atoms with van der Waals surface area (Å²) in [5.74, 6) is -2.83. The van der Waals surface area contributed by atoms with Gasteiger partial charge in [0.05, 0.1) is 5.69 Å². The maximum Gasteiger partial charge on any atom is 0.182 e. The average molecular weight is 272 g/mol. The molecule has 1 aliphatic heterocycles. The van der Waals surface area contributed by atoms with Gasteiger partial charge in [0.15, 0.2) is 11.6 Å². The van der Waals surface area contributed by atoms with Gasteiger partial charge in [0, 0.05) is 31.3 Å². The van der Waals surface area contributed by atoms with Crippen molar-refractivity contribution in [1.82, 2.24) is 5.32 Å². The second-order valence-corrected chi connectivity index (χ2v) is 4.96. The summed E-state index contributed by atoms with van der Waals surface area (Å²) >= 11 is 0. The summed E-state index contributed by atoms with van der Waals surface area (Å²) in [6, 6.07) is 1.90. The smallest absolute Gasteiger partial charge is 0.182 e. The standard InChI is InChI=1S/C14H19F3N2/c1-2-5-18-11-4-3-6-19(9-11)13-8-10(15)7-12(16)14(13)17/h7-8,11,18H,2-6,9H2,1H3. The molecule has 0 saturated carbocycles. The Labute approximate surface area is 111 Å². The van der Waals surface area contributed by atoms with E-state index < -0.39 is 17.5 Å². The number of nitrogens with zero attached hydrogens (tertiary/aromatic N) is 1. The van der Waals surface area contributed by atoms with Crippen LogP contribution < -0.4 is 10.2 Å². The fraction of sp³-hybridized carbons (Fsp3) is 0.571. The Hall–Kier alpha value is -1.23. The molecule has 2 rings (SSSR count). The number of nitrogens with one attached hydrogen (secondary N) is 1. The summed E-state index contributed by atoms with van der Waals surface area (Å²) < 4.78 is 40.2. The topological polar surface area (TPSA) is 15.3 Å². The van der Waals surface area contributed by atoms with Gasteiger partial charge in [-0.1, -0.05) is 6.92 Å². The van der Waals surface area contributed by atoms with Gasteiger partial charge in [0.1, 0.15) is 5.82 Å². The van der Waals surface area contributed by atoms with Crippen LogP contribution in [0, 0.1) is 17.5 Å². The van der Waals surface area contributed by atoms with E-state index in [1.165, 1.54) is 0 Å². The Balaban J connectivity index is 2.13. The Morgan fingerprint density at radius 1 is 1.32 bits per heavy atom. The van der Waals surface area contributed by atoms with Gasteiger partial charge in [-0.2, -0.15) is 0 Å². The molecule has 106 valence electrons. The maximum absolute atomic E-state index is 13.7. The Morgan fingerprint density at radius 2 is 2.11 bits per heavy atom. The van der Waals surface area contributed by atoms with Crippen LogP contribution in [0.15, 0.2) is 12.1 Å². The second kappa shape index (κ2) is 6.28. The zero-order chi connectivity index (χ0) is 13.8. The minimum absolute atomic E-state index is 0.0282. The lowest BCUT2D eigenvalue weighted by atomic mass is 10.0. The highest BCUT2D eigenvalue weighted by Gasteiger charge is 2.23. The van der Waals surface area contributed by atoms with E-state index >= 15 is 0 Å². The van der Waals surface area contributed by atoms with E-state index in [2.05, 4.69) is 12.2 Å². The molecule has 1 atom stereocenters. The van der Waals surface area contributed by atoms with Crippen LogP contribution in [0.2, 0.25) is 0 Å². The van der Waals surface area contributed by atoms with Crippen molar-refractivity contribution in [3.63, 3.8) is 0 Å². The van der Waals surface area contributed by atoms with Gasteiger partial charge in [-0.15, -0.1) is 0 Å². The minimum Gasteiger partial charge on any atom is -0.367 e. The first-order chi connectivity index (χ1) is 9.11. The molecule has 0 amide bonds. The molecule has 5 heteroatoms. The first kappa shape index (κ1) is 14.2. The third-order valence-corrected chi connectivity index (χ3v) is 3.42. The summed E-state index contributed by atoms with van der Waals surface area (Å²) in [6.45, 7) is 4.19. The summed E-state index contributed by atoms with van der Waals surface area (Å²) in [6.07, 6.45) is 2.92. The fourth-order valence-electron chi connectivity index (χ4n) is 2.48. The molecule has 1 heterocycles. The average Bonchev–Trinajstić information content (AvgIpc) is 2.41. The molecule has 1 aromatic rings. The van der Waals surface area contributed by atoms with Crippen LogP contribution in [-0.2, 0) is 0 Å². The fourth-order valence-corrected chi connectivity index (χ4v) is 2.48. The number of benzene rings is 1. The van der Waals surface area contributed by atoms with E-state index in [0.29, 0.717) is 19.2 Å². The predicted octanol–water partition coefficient (Wildman–Crippen LogP) is 3.07. The van der Waals surface area contributed by atoms with E-state index in [-0.39, 0.29) is 11.7 Å². The molecular formula is C14H19F3N2. The zero-order valence-electron chi connectivity index (χ0n) is 11.1. The third-order valence-electron chi connectivity index (χ3n) is 3.42. The van der Waals surface area contributed by atoms with Crippen molar-refractivity contribution in [2.75, 3.05) is 24.5 Å². The number of hydrogen-bond acceptors (Lipinski definition) is 2. The van der Waals surface area contributed by atoms with E-state index in [4.69, 9.17) is 0 Å². The van der Waals surface area contributed by atoms with Gasteiger partial charge in [0.2, 0.25) is 0 Å². The van der Waals surface area contributed by atoms with Crippen molar-refractivity contribution in [3.05, 3.63) is 29.6 Å². The van der Waals surface area contributed by atoms with E-state index in [0.717, 1.165) is 31.9 Å². The lowest BCUT2D eigenvalue weighted by Crippen LogP contribution is -2.46. The third kappa shape index (κ3) is 3.41. The number of piperidine rings is 1. The van der Waals surface area contributed by atoms with Crippen LogP contribution in [0.3, 0.4) is 0 Å². The molecule has 1 fully saturated rings. The van der Waals surface area contributed by atoms with Crippen LogP contribution in [-0.4, -0.2) is 25.7 Å². The molecule has 19 heavy (non-hydrogen) atoms. The summed E-state index contributed by atoms with van der Waals surface area (Å²) in [5.41, 5.74) is 0.0282. The van der Waals surface area contributed by atoms with E-state index in [1.54, 1.807) is 4.90 Å². The van der Waals surface area contributed by atoms with Crippen molar-refractivity contribution < 1.29 is 13.2 Å². The first-order valence-corrected chi connectivity index (χ1v) is 6.74. The van der Waals surface area contributed by atoms with Crippen LogP contribution >= 0.6 is 0 Å². The lowest BCUT2D eigenvalue weighted by molar-refractivity contribution is 0.416. The Kier molecular flexibility index (Phi) is 4.69. The number of hydrogen-bond donors (Lipinski definition) is 1. The van der Waals surface area contributed by atoms with Crippen molar-refractivity contribution in [2.45, 2.75) is 32.2 Å². The van der Waals surface area contributed by atoms with Gasteiger partial charge in [-0.25, -0.2) is 13.2 Å². The molecule has 1 saturated heterocycles. The summed E-state index contributed by atoms with van der Waals surface area (Å²) in [4.78, 5) is 1.72. The number of anilines is 1. The highest BCUT2D eigenvalue weighted by molar-refractivity contribution is 5.49. The molecule has 1 aliphatic rings. The van der Waals surface area contributed by atoms with Crippen LogP contribution in [0.25, 0.3) is 0 Å². The van der Waals surface area contributed by atoms with Crippen molar-refractivity contribution in [1.29, 1.82) is 0 Å². The normalized spacial score (nSPS) is 19.8. The van der Waals surface area contributed by atoms with Crippen molar-refractivity contribution >= 4 is 5.69 Å². The minimum atomic E-state index is -1.13. The molecule has 0 spiro atoms. The van der Waals surface area contributed by atoms with Crippen LogP contribution in [0.1, 0.15) is 26.2 Å². The van der Waals surface area contributed by atoms with Gasteiger partial charge in [0.25, 0.3) is 0 Å². The molecule has 1 N–H and O–H groups in total. The summed E-state index contributed by atoms with van der Waals surface area (Å²) in [7, 11) is 0. The van der Waals surface area contributed by atoms with Gasteiger partial charge in [-0.3, -0.25) is 0 Å². The quantitative estimate of drug-likeness (QED) is 0.847. The monoisotopic (exact) mass is 272 g/mol. The number of halogens is 3. The van der Waals surface area contributed by atoms with E-state index in [9.17, 15) is 13.2 Å². The molecule has 0 radical (unpaired) electrons.